The molecule has 0 saturated heterocycles. The molecule has 0 spiro atoms. The van der Waals surface area contributed by atoms with E-state index in [1.54, 1.807) is 24.3 Å². The molecule has 132 valence electrons. The van der Waals surface area contributed by atoms with Crippen molar-refractivity contribution in [3.05, 3.63) is 78.2 Å². The maximum atomic E-state index is 13.0. The molecule has 3 aromatic rings. The Morgan fingerprint density at radius 2 is 1.58 bits per heavy atom. The van der Waals surface area contributed by atoms with Crippen molar-refractivity contribution in [2.24, 2.45) is 0 Å². The Labute approximate surface area is 146 Å². The van der Waals surface area contributed by atoms with Gasteiger partial charge in [0.1, 0.15) is 11.5 Å². The maximum Gasteiger partial charge on any atom is 0.418 e. The summed E-state index contributed by atoms with van der Waals surface area (Å²) >= 11 is 0. The van der Waals surface area contributed by atoms with Crippen molar-refractivity contribution in [2.45, 2.75) is 6.18 Å². The number of carbonyl (C=O) groups is 1. The molecule has 1 aromatic heterocycles. The minimum Gasteiger partial charge on any atom is -0.338 e. The summed E-state index contributed by atoms with van der Waals surface area (Å²) in [6.45, 7) is 0. The molecule has 26 heavy (non-hydrogen) atoms. The molecule has 0 fully saturated rings. The van der Waals surface area contributed by atoms with E-state index >= 15 is 0 Å². The highest BCUT2D eigenvalue weighted by molar-refractivity contribution is 6.02. The number of benzene rings is 2. The number of rotatable bonds is 4. The Bertz CT molecular complexity index is 896. The van der Waals surface area contributed by atoms with Crippen LogP contribution in [-0.4, -0.2) is 15.9 Å². The summed E-state index contributed by atoms with van der Waals surface area (Å²) in [6.07, 6.45) is -2.10. The van der Waals surface area contributed by atoms with Gasteiger partial charge in [0.15, 0.2) is 0 Å². The Kier molecular flexibility index (Phi) is 4.83. The molecule has 2 aromatic carbocycles. The van der Waals surface area contributed by atoms with Crippen LogP contribution in [0.1, 0.15) is 16.1 Å². The van der Waals surface area contributed by atoms with Gasteiger partial charge >= 0.3 is 6.18 Å². The maximum absolute atomic E-state index is 13.0. The zero-order valence-corrected chi connectivity index (χ0v) is 13.3. The molecule has 0 unspecified atom stereocenters. The number of hydrogen-bond acceptors (Lipinski definition) is 4. The summed E-state index contributed by atoms with van der Waals surface area (Å²) in [7, 11) is 0. The fourth-order valence-electron chi connectivity index (χ4n) is 2.20. The number of amides is 1. The van der Waals surface area contributed by atoms with Gasteiger partial charge in [0.05, 0.1) is 23.6 Å². The second kappa shape index (κ2) is 7.22. The highest BCUT2D eigenvalue weighted by Crippen LogP contribution is 2.35. The SMILES string of the molecule is O=C(Nc1ccccc1)c1cnc(Nc2ccccc2C(F)(F)F)cn1. The fraction of sp³-hybridized carbons (Fsp3) is 0.0556. The van der Waals surface area contributed by atoms with E-state index in [-0.39, 0.29) is 17.2 Å². The topological polar surface area (TPSA) is 66.9 Å². The Balaban J connectivity index is 1.74. The molecule has 0 bridgehead atoms. The summed E-state index contributed by atoms with van der Waals surface area (Å²) in [4.78, 5) is 20.0. The van der Waals surface area contributed by atoms with Crippen LogP contribution in [0, 0.1) is 0 Å². The highest BCUT2D eigenvalue weighted by atomic mass is 19.4. The predicted molar refractivity (Wildman–Crippen MR) is 91.2 cm³/mol. The van der Waals surface area contributed by atoms with Crippen molar-refractivity contribution < 1.29 is 18.0 Å². The van der Waals surface area contributed by atoms with E-state index in [1.807, 2.05) is 6.07 Å². The second-order valence-corrected chi connectivity index (χ2v) is 5.28. The number of alkyl halides is 3. The van der Waals surface area contributed by atoms with Crippen molar-refractivity contribution in [1.82, 2.24) is 9.97 Å². The minimum absolute atomic E-state index is 0.0449. The van der Waals surface area contributed by atoms with Gasteiger partial charge in [-0.2, -0.15) is 13.2 Å². The predicted octanol–water partition coefficient (Wildman–Crippen LogP) is 4.49. The van der Waals surface area contributed by atoms with Crippen molar-refractivity contribution in [3.63, 3.8) is 0 Å². The zero-order chi connectivity index (χ0) is 18.6. The molecular formula is C18H13F3N4O. The third kappa shape index (κ3) is 4.15. The number of nitrogens with zero attached hydrogens (tertiary/aromatic N) is 2. The zero-order valence-electron chi connectivity index (χ0n) is 13.3. The highest BCUT2D eigenvalue weighted by Gasteiger charge is 2.33. The molecule has 0 radical (unpaired) electrons. The van der Waals surface area contributed by atoms with Crippen LogP contribution in [0.5, 0.6) is 0 Å². The lowest BCUT2D eigenvalue weighted by molar-refractivity contribution is -0.136. The first-order valence-electron chi connectivity index (χ1n) is 7.55. The molecule has 1 amide bonds. The van der Waals surface area contributed by atoms with Gasteiger partial charge in [0.2, 0.25) is 0 Å². The van der Waals surface area contributed by atoms with Crippen molar-refractivity contribution in [2.75, 3.05) is 10.6 Å². The van der Waals surface area contributed by atoms with Crippen LogP contribution in [0.2, 0.25) is 0 Å². The van der Waals surface area contributed by atoms with Crippen LogP contribution in [0.25, 0.3) is 0 Å². The monoisotopic (exact) mass is 358 g/mol. The summed E-state index contributed by atoms with van der Waals surface area (Å²) in [5.74, 6) is -0.371. The first kappa shape index (κ1) is 17.4. The fourth-order valence-corrected chi connectivity index (χ4v) is 2.20. The standard InChI is InChI=1S/C18H13F3N4O/c19-18(20,21)13-8-4-5-9-14(13)25-16-11-22-15(10-23-16)17(26)24-12-6-2-1-3-7-12/h1-11H,(H,23,25)(H,24,26). The van der Waals surface area contributed by atoms with E-state index in [2.05, 4.69) is 20.6 Å². The summed E-state index contributed by atoms with van der Waals surface area (Å²) in [5.41, 5.74) is -0.312. The average Bonchev–Trinajstić information content (AvgIpc) is 2.63. The van der Waals surface area contributed by atoms with Crippen LogP contribution >= 0.6 is 0 Å². The van der Waals surface area contributed by atoms with Crippen LogP contribution in [0.3, 0.4) is 0 Å². The van der Waals surface area contributed by atoms with Gasteiger partial charge < -0.3 is 10.6 Å². The number of para-hydroxylation sites is 2. The average molecular weight is 358 g/mol. The van der Waals surface area contributed by atoms with E-state index in [4.69, 9.17) is 0 Å². The number of anilines is 3. The number of nitrogens with one attached hydrogen (secondary N) is 2. The van der Waals surface area contributed by atoms with Gasteiger partial charge in [-0.3, -0.25) is 4.79 Å². The van der Waals surface area contributed by atoms with E-state index in [0.29, 0.717) is 5.69 Å². The molecule has 8 heteroatoms. The molecule has 5 nitrogen and oxygen atoms in total. The van der Waals surface area contributed by atoms with Crippen molar-refractivity contribution in [3.8, 4) is 0 Å². The third-order valence-corrected chi connectivity index (χ3v) is 3.41. The Morgan fingerprint density at radius 1 is 0.885 bits per heavy atom. The number of carbonyl (C=O) groups excluding carboxylic acids is 1. The Hall–Kier alpha value is -3.42. The van der Waals surface area contributed by atoms with Crippen molar-refractivity contribution in [1.29, 1.82) is 0 Å². The molecule has 0 atom stereocenters. The minimum atomic E-state index is -4.49. The van der Waals surface area contributed by atoms with Gasteiger partial charge in [-0.1, -0.05) is 30.3 Å². The largest absolute Gasteiger partial charge is 0.418 e. The van der Waals surface area contributed by atoms with Gasteiger partial charge in [-0.15, -0.1) is 0 Å². The van der Waals surface area contributed by atoms with Crippen LogP contribution in [0.15, 0.2) is 67.0 Å². The van der Waals surface area contributed by atoms with E-state index in [1.165, 1.54) is 30.6 Å². The van der Waals surface area contributed by atoms with Gasteiger partial charge in [0, 0.05) is 5.69 Å². The lowest BCUT2D eigenvalue weighted by atomic mass is 10.1. The van der Waals surface area contributed by atoms with Gasteiger partial charge in [-0.25, -0.2) is 9.97 Å². The Morgan fingerprint density at radius 3 is 2.23 bits per heavy atom. The molecule has 0 aliphatic heterocycles. The van der Waals surface area contributed by atoms with Gasteiger partial charge in [0.25, 0.3) is 5.91 Å². The van der Waals surface area contributed by atoms with E-state index in [9.17, 15) is 18.0 Å². The first-order valence-corrected chi connectivity index (χ1v) is 7.55. The normalized spacial score (nSPS) is 11.0. The molecule has 0 aliphatic rings. The van der Waals surface area contributed by atoms with Crippen LogP contribution < -0.4 is 10.6 Å². The molecule has 0 aliphatic carbocycles. The molecule has 3 rings (SSSR count). The van der Waals surface area contributed by atoms with E-state index < -0.39 is 17.6 Å². The van der Waals surface area contributed by atoms with Crippen molar-refractivity contribution >= 4 is 23.1 Å². The summed E-state index contributed by atoms with van der Waals surface area (Å²) < 4.78 is 39.0. The van der Waals surface area contributed by atoms with E-state index in [0.717, 1.165) is 6.07 Å². The quantitative estimate of drug-likeness (QED) is 0.721. The lowest BCUT2D eigenvalue weighted by Gasteiger charge is -2.13. The second-order valence-electron chi connectivity index (χ2n) is 5.28. The lowest BCUT2D eigenvalue weighted by Crippen LogP contribution is -2.14. The summed E-state index contributed by atoms with van der Waals surface area (Å²) in [6, 6.07) is 13.8. The molecule has 0 saturated carbocycles. The molecular weight excluding hydrogens is 345 g/mol. The molecule has 1 heterocycles. The number of halogens is 3. The van der Waals surface area contributed by atoms with Crippen LogP contribution in [-0.2, 0) is 6.18 Å². The number of hydrogen-bond donors (Lipinski definition) is 2. The summed E-state index contributed by atoms with van der Waals surface area (Å²) in [5, 5.41) is 5.22. The molecule has 2 N–H and O–H groups in total. The van der Waals surface area contributed by atoms with Crippen LogP contribution in [0.4, 0.5) is 30.4 Å². The van der Waals surface area contributed by atoms with Gasteiger partial charge in [-0.05, 0) is 24.3 Å². The third-order valence-electron chi connectivity index (χ3n) is 3.41. The number of aromatic nitrogens is 2. The first-order chi connectivity index (χ1) is 12.4. The smallest absolute Gasteiger partial charge is 0.338 e.